The Bertz CT molecular complexity index is 1710. The van der Waals surface area contributed by atoms with E-state index < -0.39 is 11.9 Å². The number of aryl methyl sites for hydroxylation is 1. The van der Waals surface area contributed by atoms with Crippen molar-refractivity contribution >= 4 is 29.1 Å². The molecule has 4 aromatic rings. The summed E-state index contributed by atoms with van der Waals surface area (Å²) in [5, 5.41) is 18.2. The normalized spacial score (nSPS) is 10.3. The molecule has 0 amide bonds. The Labute approximate surface area is 256 Å². The fourth-order valence-electron chi connectivity index (χ4n) is 4.40. The molecule has 214 valence electrons. The minimum atomic E-state index is -0.692. The van der Waals surface area contributed by atoms with Crippen LogP contribution in [0.2, 0.25) is 5.02 Å². The summed E-state index contributed by atoms with van der Waals surface area (Å²) in [5.74, 6) is -0.798. The van der Waals surface area contributed by atoms with Gasteiger partial charge in [-0.2, -0.15) is 10.5 Å². The van der Waals surface area contributed by atoms with Crippen molar-refractivity contribution in [3.05, 3.63) is 124 Å². The number of unbranched alkanes of at least 4 members (excludes halogenated alkanes) is 2. The van der Waals surface area contributed by atoms with E-state index in [1.165, 1.54) is 43.0 Å². The summed E-state index contributed by atoms with van der Waals surface area (Å²) in [7, 11) is 0. The Hall–Kier alpha value is -5.17. The molecule has 43 heavy (non-hydrogen) atoms. The Morgan fingerprint density at radius 3 is 1.86 bits per heavy atom. The third kappa shape index (κ3) is 7.98. The molecule has 0 unspecified atom stereocenters. The number of hydrogen-bond donors (Lipinski definition) is 0. The Morgan fingerprint density at radius 2 is 1.28 bits per heavy atom. The predicted octanol–water partition coefficient (Wildman–Crippen LogP) is 9.00. The van der Waals surface area contributed by atoms with Gasteiger partial charge in [-0.15, -0.1) is 0 Å². The van der Waals surface area contributed by atoms with E-state index in [4.69, 9.17) is 31.6 Å². The highest BCUT2D eigenvalue weighted by Crippen LogP contribution is 2.27. The van der Waals surface area contributed by atoms with E-state index >= 15 is 0 Å². The molecule has 0 saturated heterocycles. The third-order valence-electron chi connectivity index (χ3n) is 6.94. The van der Waals surface area contributed by atoms with Crippen LogP contribution in [0.3, 0.4) is 0 Å². The zero-order valence-electron chi connectivity index (χ0n) is 23.9. The first-order valence-electron chi connectivity index (χ1n) is 13.9. The lowest BCUT2D eigenvalue weighted by Crippen LogP contribution is -2.11. The van der Waals surface area contributed by atoms with Crippen LogP contribution in [0.15, 0.2) is 96.6 Å². The number of esters is 2. The summed E-state index contributed by atoms with van der Waals surface area (Å²) >= 11 is 6.33. The van der Waals surface area contributed by atoms with Crippen molar-refractivity contribution in [2.45, 2.75) is 39.5 Å². The average molecular weight is 589 g/mol. The van der Waals surface area contributed by atoms with Crippen molar-refractivity contribution in [3.8, 4) is 34.8 Å². The van der Waals surface area contributed by atoms with Gasteiger partial charge in [0.1, 0.15) is 29.2 Å². The van der Waals surface area contributed by atoms with Gasteiger partial charge in [-0.05, 0) is 84.0 Å². The molecule has 0 fully saturated rings. The molecule has 0 radical (unpaired) electrons. The summed E-state index contributed by atoms with van der Waals surface area (Å²) in [6, 6.07) is 30.1. The number of benzene rings is 4. The van der Waals surface area contributed by atoms with Gasteiger partial charge in [-0.25, -0.2) is 9.59 Å². The molecule has 0 saturated carbocycles. The molecule has 0 spiro atoms. The van der Waals surface area contributed by atoms with Crippen molar-refractivity contribution < 1.29 is 19.1 Å². The van der Waals surface area contributed by atoms with E-state index in [-0.39, 0.29) is 27.7 Å². The average Bonchev–Trinajstić information content (AvgIpc) is 3.02. The fourth-order valence-corrected chi connectivity index (χ4v) is 4.65. The van der Waals surface area contributed by atoms with E-state index in [1.54, 1.807) is 43.3 Å². The van der Waals surface area contributed by atoms with Gasteiger partial charge in [0.25, 0.3) is 0 Å². The van der Waals surface area contributed by atoms with Crippen LogP contribution < -0.4 is 9.47 Å². The van der Waals surface area contributed by atoms with E-state index in [1.807, 2.05) is 24.3 Å². The van der Waals surface area contributed by atoms with E-state index in [9.17, 15) is 9.59 Å². The number of allylic oxidation sites excluding steroid dienone is 2. The van der Waals surface area contributed by atoms with E-state index in [2.05, 4.69) is 31.2 Å². The van der Waals surface area contributed by atoms with Crippen LogP contribution in [0, 0.1) is 22.7 Å². The first-order valence-corrected chi connectivity index (χ1v) is 14.3. The highest BCUT2D eigenvalue weighted by atomic mass is 35.5. The molecule has 0 aliphatic carbocycles. The Morgan fingerprint density at radius 1 is 0.721 bits per heavy atom. The summed E-state index contributed by atoms with van der Waals surface area (Å²) < 4.78 is 10.9. The number of nitrogens with zero attached hydrogens (tertiary/aromatic N) is 2. The number of rotatable bonds is 10. The molecule has 0 heterocycles. The summed E-state index contributed by atoms with van der Waals surface area (Å²) in [6.07, 6.45) is 4.70. The molecule has 0 bridgehead atoms. The zero-order valence-corrected chi connectivity index (χ0v) is 24.6. The molecular weight excluding hydrogens is 560 g/mol. The molecular formula is C36H29ClN2O4. The van der Waals surface area contributed by atoms with E-state index in [0.29, 0.717) is 16.7 Å². The molecule has 0 aliphatic heterocycles. The van der Waals surface area contributed by atoms with Gasteiger partial charge >= 0.3 is 11.9 Å². The van der Waals surface area contributed by atoms with Crippen molar-refractivity contribution in [1.82, 2.24) is 0 Å². The van der Waals surface area contributed by atoms with Gasteiger partial charge < -0.3 is 9.47 Å². The van der Waals surface area contributed by atoms with E-state index in [0.717, 1.165) is 17.5 Å². The van der Waals surface area contributed by atoms with Crippen LogP contribution in [0.4, 0.5) is 0 Å². The predicted molar refractivity (Wildman–Crippen MR) is 167 cm³/mol. The zero-order chi connectivity index (χ0) is 30.8. The lowest BCUT2D eigenvalue weighted by Gasteiger charge is -2.10. The molecule has 4 aromatic carbocycles. The molecule has 4 rings (SSSR count). The SMILES string of the molecule is CCCCCc1ccc(-c2ccc(C(=O)Oc3ccc(C(=O)Oc4ccc(C(C)=C(C#N)C#N)cc4)c(Cl)c3)cc2)cc1. The van der Waals surface area contributed by atoms with Crippen LogP contribution in [0.25, 0.3) is 16.7 Å². The first-order chi connectivity index (χ1) is 20.8. The molecule has 0 aromatic heterocycles. The highest BCUT2D eigenvalue weighted by Gasteiger charge is 2.16. The standard InChI is InChI=1S/C36H29ClN2O4/c1-3-4-5-6-25-7-9-27(10-8-25)28-11-13-29(14-12-28)35(40)43-32-19-20-33(34(37)21-32)36(41)42-31-17-15-26(16-18-31)24(2)30(22-38)23-39/h7-21H,3-6H2,1-2H3. The van der Waals surface area contributed by atoms with Gasteiger partial charge in [0, 0.05) is 6.07 Å². The van der Waals surface area contributed by atoms with Crippen LogP contribution in [0.5, 0.6) is 11.5 Å². The number of hydrogen-bond acceptors (Lipinski definition) is 6. The molecule has 0 N–H and O–H groups in total. The number of ether oxygens (including phenoxy) is 2. The van der Waals surface area contributed by atoms with Crippen LogP contribution in [-0.2, 0) is 6.42 Å². The maximum atomic E-state index is 12.8. The minimum Gasteiger partial charge on any atom is -0.423 e. The van der Waals surface area contributed by atoms with Crippen LogP contribution >= 0.6 is 11.6 Å². The maximum Gasteiger partial charge on any atom is 0.345 e. The Kier molecular flexibility index (Phi) is 10.5. The maximum absolute atomic E-state index is 12.8. The van der Waals surface area contributed by atoms with Gasteiger partial charge in [-0.1, -0.05) is 79.9 Å². The van der Waals surface area contributed by atoms with Gasteiger partial charge in [0.15, 0.2) is 0 Å². The lowest BCUT2D eigenvalue weighted by atomic mass is 10.0. The highest BCUT2D eigenvalue weighted by molar-refractivity contribution is 6.33. The minimum absolute atomic E-state index is 0.00738. The van der Waals surface area contributed by atoms with Crippen LogP contribution in [0.1, 0.15) is 65.0 Å². The largest absolute Gasteiger partial charge is 0.423 e. The third-order valence-corrected chi connectivity index (χ3v) is 7.26. The summed E-state index contributed by atoms with van der Waals surface area (Å²) in [5.41, 5.74) is 5.05. The smallest absolute Gasteiger partial charge is 0.345 e. The van der Waals surface area contributed by atoms with Gasteiger partial charge in [0.2, 0.25) is 0 Å². The summed E-state index contributed by atoms with van der Waals surface area (Å²) in [6.45, 7) is 3.87. The monoisotopic (exact) mass is 588 g/mol. The van der Waals surface area contributed by atoms with Crippen molar-refractivity contribution in [2.24, 2.45) is 0 Å². The second-order valence-electron chi connectivity index (χ2n) is 9.90. The van der Waals surface area contributed by atoms with Gasteiger partial charge in [-0.3, -0.25) is 0 Å². The van der Waals surface area contributed by atoms with Crippen LogP contribution in [-0.4, -0.2) is 11.9 Å². The van der Waals surface area contributed by atoms with Crippen molar-refractivity contribution in [2.75, 3.05) is 0 Å². The van der Waals surface area contributed by atoms with Gasteiger partial charge in [0.05, 0.1) is 16.1 Å². The lowest BCUT2D eigenvalue weighted by molar-refractivity contribution is 0.0730. The molecule has 0 atom stereocenters. The molecule has 0 aliphatic rings. The number of halogens is 1. The number of carbonyl (C=O) groups excluding carboxylic acids is 2. The second kappa shape index (κ2) is 14.6. The second-order valence-corrected chi connectivity index (χ2v) is 10.3. The number of carbonyl (C=O) groups is 2. The Balaban J connectivity index is 1.36. The number of nitriles is 2. The first kappa shape index (κ1) is 30.8. The summed E-state index contributed by atoms with van der Waals surface area (Å²) in [4.78, 5) is 25.5. The molecule has 7 heteroatoms. The quantitative estimate of drug-likeness (QED) is 0.0793. The fraction of sp³-hybridized carbons (Fsp3) is 0.167. The van der Waals surface area contributed by atoms with Crippen molar-refractivity contribution in [1.29, 1.82) is 10.5 Å². The topological polar surface area (TPSA) is 100 Å². The van der Waals surface area contributed by atoms with Crippen molar-refractivity contribution in [3.63, 3.8) is 0 Å². The molecule has 6 nitrogen and oxygen atoms in total.